The van der Waals surface area contributed by atoms with E-state index in [1.165, 1.54) is 11.3 Å². The van der Waals surface area contributed by atoms with Gasteiger partial charge in [-0.05, 0) is 37.1 Å². The second-order valence-corrected chi connectivity index (χ2v) is 4.86. The largest absolute Gasteiger partial charge is 0.308 e. The van der Waals surface area contributed by atoms with Gasteiger partial charge in [0, 0.05) is 24.0 Å². The zero-order valence-corrected chi connectivity index (χ0v) is 11.1. The Labute approximate surface area is 113 Å². The number of rotatable bonds is 4. The summed E-state index contributed by atoms with van der Waals surface area (Å²) in [5, 5.41) is 3.55. The lowest BCUT2D eigenvalue weighted by molar-refractivity contribution is 0.437. The van der Waals surface area contributed by atoms with Crippen LogP contribution in [0.5, 0.6) is 0 Å². The summed E-state index contributed by atoms with van der Waals surface area (Å²) >= 11 is 0. The third-order valence-electron chi connectivity index (χ3n) is 3.75. The molecule has 2 aromatic heterocycles. The molecule has 0 bridgehead atoms. The molecule has 2 heterocycles. The van der Waals surface area contributed by atoms with Crippen molar-refractivity contribution >= 4 is 0 Å². The van der Waals surface area contributed by atoms with E-state index < -0.39 is 0 Å². The summed E-state index contributed by atoms with van der Waals surface area (Å²) in [4.78, 5) is 13.0. The van der Waals surface area contributed by atoms with E-state index in [0.717, 1.165) is 25.1 Å². The van der Waals surface area contributed by atoms with Crippen molar-refractivity contribution in [2.75, 3.05) is 6.54 Å². The van der Waals surface area contributed by atoms with Gasteiger partial charge in [-0.1, -0.05) is 13.0 Å². The number of hydrogen-bond donors (Lipinski definition) is 1. The van der Waals surface area contributed by atoms with E-state index >= 15 is 0 Å². The van der Waals surface area contributed by atoms with Crippen LogP contribution in [0.4, 0.5) is 0 Å². The van der Waals surface area contributed by atoms with Crippen LogP contribution in [0.25, 0.3) is 0 Å². The number of nitrogens with zero attached hydrogens (tertiary/aromatic N) is 3. The van der Waals surface area contributed by atoms with E-state index in [1.54, 1.807) is 12.5 Å². The van der Waals surface area contributed by atoms with E-state index in [2.05, 4.69) is 33.3 Å². The average molecular weight is 254 g/mol. The summed E-state index contributed by atoms with van der Waals surface area (Å²) in [6.07, 6.45) is 7.56. The van der Waals surface area contributed by atoms with Crippen LogP contribution in [0.2, 0.25) is 0 Å². The molecule has 3 rings (SSSR count). The lowest BCUT2D eigenvalue weighted by atomic mass is 9.94. The van der Waals surface area contributed by atoms with Gasteiger partial charge in [-0.25, -0.2) is 9.97 Å². The molecule has 0 radical (unpaired) electrons. The van der Waals surface area contributed by atoms with Gasteiger partial charge >= 0.3 is 0 Å². The normalized spacial score (nSPS) is 19.1. The minimum absolute atomic E-state index is 0.226. The minimum atomic E-state index is 0.226. The molecule has 98 valence electrons. The maximum absolute atomic E-state index is 4.59. The number of hydrogen-bond acceptors (Lipinski definition) is 4. The van der Waals surface area contributed by atoms with Gasteiger partial charge in [0.2, 0.25) is 0 Å². The molecule has 0 saturated heterocycles. The van der Waals surface area contributed by atoms with Crippen LogP contribution in [-0.2, 0) is 6.42 Å². The summed E-state index contributed by atoms with van der Waals surface area (Å²) in [6.45, 7) is 3.05. The van der Waals surface area contributed by atoms with Crippen molar-refractivity contribution in [1.29, 1.82) is 0 Å². The van der Waals surface area contributed by atoms with Crippen molar-refractivity contribution < 1.29 is 0 Å². The quantitative estimate of drug-likeness (QED) is 0.909. The highest BCUT2D eigenvalue weighted by molar-refractivity contribution is 5.31. The third-order valence-corrected chi connectivity index (χ3v) is 3.75. The van der Waals surface area contributed by atoms with Gasteiger partial charge in [-0.3, -0.25) is 4.98 Å². The molecule has 19 heavy (non-hydrogen) atoms. The summed E-state index contributed by atoms with van der Waals surface area (Å²) in [7, 11) is 0. The SMILES string of the molecule is CCNC(c1ccncn1)C1CCc2cccnc21. The molecule has 1 N–H and O–H groups in total. The Morgan fingerprint density at radius 3 is 3.05 bits per heavy atom. The molecule has 2 atom stereocenters. The number of fused-ring (bicyclic) bond motifs is 1. The van der Waals surface area contributed by atoms with E-state index in [-0.39, 0.29) is 6.04 Å². The first kappa shape index (κ1) is 12.2. The van der Waals surface area contributed by atoms with Crippen LogP contribution >= 0.6 is 0 Å². The Morgan fingerprint density at radius 2 is 2.26 bits per heavy atom. The topological polar surface area (TPSA) is 50.7 Å². The van der Waals surface area contributed by atoms with Crippen LogP contribution in [0.3, 0.4) is 0 Å². The molecular formula is C15H18N4. The second kappa shape index (κ2) is 5.45. The fourth-order valence-corrected chi connectivity index (χ4v) is 2.93. The number of aryl methyl sites for hydroxylation is 1. The predicted molar refractivity (Wildman–Crippen MR) is 73.7 cm³/mol. The van der Waals surface area contributed by atoms with Crippen LogP contribution in [0.1, 0.15) is 42.3 Å². The molecular weight excluding hydrogens is 236 g/mol. The number of likely N-dealkylation sites (N-methyl/N-ethyl adjacent to an activating group) is 1. The van der Waals surface area contributed by atoms with Gasteiger partial charge in [0.05, 0.1) is 11.7 Å². The average Bonchev–Trinajstić information content (AvgIpc) is 2.89. The van der Waals surface area contributed by atoms with Crippen LogP contribution in [-0.4, -0.2) is 21.5 Å². The van der Waals surface area contributed by atoms with Gasteiger partial charge < -0.3 is 5.32 Å². The van der Waals surface area contributed by atoms with E-state index in [1.807, 2.05) is 18.3 Å². The molecule has 1 aliphatic rings. The van der Waals surface area contributed by atoms with Crippen molar-refractivity contribution in [3.63, 3.8) is 0 Å². The summed E-state index contributed by atoms with van der Waals surface area (Å²) < 4.78 is 0. The van der Waals surface area contributed by atoms with Crippen LogP contribution in [0.15, 0.2) is 36.9 Å². The lowest BCUT2D eigenvalue weighted by Crippen LogP contribution is -2.27. The standard InChI is InChI=1S/C15H18N4/c1-2-17-15(13-7-9-16-10-19-13)12-6-5-11-4-3-8-18-14(11)12/h3-4,7-10,12,15,17H,2,5-6H2,1H3. The summed E-state index contributed by atoms with van der Waals surface area (Å²) in [5.74, 6) is 0.408. The molecule has 4 nitrogen and oxygen atoms in total. The Morgan fingerprint density at radius 1 is 1.32 bits per heavy atom. The van der Waals surface area contributed by atoms with Crippen molar-refractivity contribution in [3.05, 3.63) is 53.9 Å². The van der Waals surface area contributed by atoms with Gasteiger partial charge in [-0.15, -0.1) is 0 Å². The van der Waals surface area contributed by atoms with Gasteiger partial charge in [0.25, 0.3) is 0 Å². The molecule has 0 saturated carbocycles. The smallest absolute Gasteiger partial charge is 0.115 e. The highest BCUT2D eigenvalue weighted by atomic mass is 15.0. The Kier molecular flexibility index (Phi) is 3.51. The molecule has 0 aliphatic heterocycles. The van der Waals surface area contributed by atoms with E-state index in [0.29, 0.717) is 5.92 Å². The van der Waals surface area contributed by atoms with Crippen molar-refractivity contribution in [2.24, 2.45) is 0 Å². The highest BCUT2D eigenvalue weighted by Gasteiger charge is 2.32. The molecule has 1 aliphatic carbocycles. The fraction of sp³-hybridized carbons (Fsp3) is 0.400. The Hall–Kier alpha value is -1.81. The van der Waals surface area contributed by atoms with Crippen molar-refractivity contribution in [3.8, 4) is 0 Å². The Balaban J connectivity index is 1.94. The Bertz CT molecular complexity index is 541. The fourth-order valence-electron chi connectivity index (χ4n) is 2.93. The number of nitrogens with one attached hydrogen (secondary N) is 1. The maximum Gasteiger partial charge on any atom is 0.115 e. The van der Waals surface area contributed by atoms with E-state index in [9.17, 15) is 0 Å². The molecule has 0 amide bonds. The first-order valence-corrected chi connectivity index (χ1v) is 6.83. The molecule has 0 fully saturated rings. The minimum Gasteiger partial charge on any atom is -0.308 e. The summed E-state index contributed by atoms with van der Waals surface area (Å²) in [6, 6.07) is 6.43. The molecule has 2 aromatic rings. The number of pyridine rings is 1. The van der Waals surface area contributed by atoms with Crippen molar-refractivity contribution in [1.82, 2.24) is 20.3 Å². The zero-order valence-electron chi connectivity index (χ0n) is 11.1. The van der Waals surface area contributed by atoms with Crippen LogP contribution < -0.4 is 5.32 Å². The van der Waals surface area contributed by atoms with Gasteiger partial charge in [-0.2, -0.15) is 0 Å². The predicted octanol–water partition coefficient (Wildman–Crippen LogP) is 2.25. The van der Waals surface area contributed by atoms with Gasteiger partial charge in [0.1, 0.15) is 6.33 Å². The van der Waals surface area contributed by atoms with Crippen LogP contribution in [0, 0.1) is 0 Å². The molecule has 0 spiro atoms. The zero-order chi connectivity index (χ0) is 13.1. The highest BCUT2D eigenvalue weighted by Crippen LogP contribution is 2.39. The van der Waals surface area contributed by atoms with Gasteiger partial charge in [0.15, 0.2) is 0 Å². The van der Waals surface area contributed by atoms with Crippen molar-refractivity contribution in [2.45, 2.75) is 31.7 Å². The monoisotopic (exact) mass is 254 g/mol. The first-order valence-electron chi connectivity index (χ1n) is 6.83. The lowest BCUT2D eigenvalue weighted by Gasteiger charge is -2.24. The molecule has 2 unspecified atom stereocenters. The number of aromatic nitrogens is 3. The maximum atomic E-state index is 4.59. The second-order valence-electron chi connectivity index (χ2n) is 4.86. The third kappa shape index (κ3) is 2.36. The summed E-state index contributed by atoms with van der Waals surface area (Å²) in [5.41, 5.74) is 3.66. The first-order chi connectivity index (χ1) is 9.40. The van der Waals surface area contributed by atoms with E-state index in [4.69, 9.17) is 0 Å². The molecule has 4 heteroatoms. The molecule has 0 aromatic carbocycles.